The fourth-order valence-electron chi connectivity index (χ4n) is 3.94. The van der Waals surface area contributed by atoms with E-state index < -0.39 is 0 Å². The maximum Gasteiger partial charge on any atom is 0.0562 e. The van der Waals surface area contributed by atoms with Crippen molar-refractivity contribution in [1.82, 2.24) is 10.3 Å². The summed E-state index contributed by atoms with van der Waals surface area (Å²) in [6.45, 7) is 2.25. The van der Waals surface area contributed by atoms with Crippen LogP contribution < -0.4 is 5.32 Å². The number of halogens is 2. The number of rotatable bonds is 2. The average molecular weight is 404 g/mol. The third-order valence-corrected chi connectivity index (χ3v) is 6.05. The Morgan fingerprint density at radius 3 is 2.88 bits per heavy atom. The lowest BCUT2D eigenvalue weighted by Gasteiger charge is -2.28. The largest absolute Gasteiger partial charge is 0.317 e. The van der Waals surface area contributed by atoms with Gasteiger partial charge in [-0.3, -0.25) is 4.98 Å². The van der Waals surface area contributed by atoms with Gasteiger partial charge in [-0.1, -0.05) is 39.7 Å². The summed E-state index contributed by atoms with van der Waals surface area (Å²) >= 11 is 10.0. The Hall–Kier alpha value is -1.16. The van der Waals surface area contributed by atoms with Crippen LogP contribution in [0.2, 0.25) is 5.02 Å². The third kappa shape index (κ3) is 3.17. The van der Waals surface area contributed by atoms with E-state index in [2.05, 4.69) is 45.5 Å². The van der Waals surface area contributed by atoms with Crippen LogP contribution in [0.1, 0.15) is 47.6 Å². The lowest BCUT2D eigenvalue weighted by atomic mass is 9.81. The van der Waals surface area contributed by atoms with Crippen LogP contribution in [0.5, 0.6) is 0 Å². The predicted molar refractivity (Wildman–Crippen MR) is 105 cm³/mol. The molecular weight excluding hydrogens is 384 g/mol. The highest BCUT2D eigenvalue weighted by molar-refractivity contribution is 9.15. The first-order chi connectivity index (χ1) is 11.7. The van der Waals surface area contributed by atoms with Crippen molar-refractivity contribution in [3.8, 4) is 0 Å². The molecule has 0 bridgehead atoms. The average Bonchev–Trinajstić information content (AvgIpc) is 2.71. The number of fused-ring (bicyclic) bond motifs is 2. The molecule has 0 amide bonds. The zero-order chi connectivity index (χ0) is 16.5. The van der Waals surface area contributed by atoms with Crippen LogP contribution in [0.4, 0.5) is 0 Å². The van der Waals surface area contributed by atoms with E-state index in [0.717, 1.165) is 34.9 Å². The highest BCUT2D eigenvalue weighted by Crippen LogP contribution is 2.43. The number of benzene rings is 1. The molecule has 1 saturated heterocycles. The van der Waals surface area contributed by atoms with E-state index in [1.165, 1.54) is 35.2 Å². The maximum atomic E-state index is 6.26. The van der Waals surface area contributed by atoms with E-state index in [1.807, 2.05) is 18.3 Å². The summed E-state index contributed by atoms with van der Waals surface area (Å²) in [6, 6.07) is 10.4. The predicted octanol–water partition coefficient (Wildman–Crippen LogP) is 5.46. The molecule has 24 heavy (non-hydrogen) atoms. The highest BCUT2D eigenvalue weighted by atomic mass is 79.9. The van der Waals surface area contributed by atoms with Crippen molar-refractivity contribution in [1.29, 1.82) is 0 Å². The Kier molecular flexibility index (Phi) is 4.75. The van der Waals surface area contributed by atoms with Gasteiger partial charge >= 0.3 is 0 Å². The van der Waals surface area contributed by atoms with Crippen LogP contribution in [-0.2, 0) is 0 Å². The molecule has 1 aromatic heterocycles. The first-order valence-electron chi connectivity index (χ1n) is 8.55. The van der Waals surface area contributed by atoms with Crippen LogP contribution >= 0.6 is 27.5 Å². The molecule has 2 nitrogen and oxygen atoms in total. The second-order valence-corrected chi connectivity index (χ2v) is 7.97. The van der Waals surface area contributed by atoms with Gasteiger partial charge in [0.1, 0.15) is 0 Å². The number of hydrogen-bond acceptors (Lipinski definition) is 2. The lowest BCUT2D eigenvalue weighted by Crippen LogP contribution is -2.29. The molecule has 2 heterocycles. The zero-order valence-corrected chi connectivity index (χ0v) is 15.8. The van der Waals surface area contributed by atoms with Gasteiger partial charge in [-0.2, -0.15) is 0 Å². The molecule has 1 N–H and O–H groups in total. The Balaban J connectivity index is 1.81. The van der Waals surface area contributed by atoms with Crippen LogP contribution in [-0.4, -0.2) is 18.1 Å². The van der Waals surface area contributed by atoms with Gasteiger partial charge in [0, 0.05) is 27.2 Å². The molecule has 1 fully saturated rings. The van der Waals surface area contributed by atoms with E-state index in [0.29, 0.717) is 5.92 Å². The standard InChI is InChI=1S/C20H20BrClN2/c21-19-12-14-11-15(22)3-4-16(14)18(10-13-5-8-23-9-6-13)20-17(19)2-1-7-24-20/h1-4,7,11-13,18,23H,5-6,8-10H2. The topological polar surface area (TPSA) is 24.9 Å². The lowest BCUT2D eigenvalue weighted by molar-refractivity contribution is 0.340. The Morgan fingerprint density at radius 1 is 1.21 bits per heavy atom. The van der Waals surface area contributed by atoms with E-state index in [-0.39, 0.29) is 0 Å². The summed E-state index contributed by atoms with van der Waals surface area (Å²) in [5, 5.41) is 4.25. The van der Waals surface area contributed by atoms with Gasteiger partial charge in [-0.15, -0.1) is 0 Å². The van der Waals surface area contributed by atoms with Crippen molar-refractivity contribution in [2.24, 2.45) is 5.92 Å². The maximum absolute atomic E-state index is 6.26. The number of hydrogen-bond donors (Lipinski definition) is 1. The second kappa shape index (κ2) is 6.99. The summed E-state index contributed by atoms with van der Waals surface area (Å²) in [7, 11) is 0. The van der Waals surface area contributed by atoms with Gasteiger partial charge in [-0.05, 0) is 73.7 Å². The minimum atomic E-state index is 0.322. The highest BCUT2D eigenvalue weighted by Gasteiger charge is 2.28. The molecule has 1 unspecified atom stereocenters. The molecule has 0 saturated carbocycles. The third-order valence-electron chi connectivity index (χ3n) is 5.16. The molecule has 0 radical (unpaired) electrons. The van der Waals surface area contributed by atoms with Crippen molar-refractivity contribution >= 4 is 38.1 Å². The molecule has 1 atom stereocenters. The molecule has 124 valence electrons. The molecule has 2 aliphatic rings. The molecule has 0 spiro atoms. The molecule has 1 aliphatic heterocycles. The smallest absolute Gasteiger partial charge is 0.0562 e. The summed E-state index contributed by atoms with van der Waals surface area (Å²) in [5.74, 6) is 1.06. The number of nitrogens with one attached hydrogen (secondary N) is 1. The zero-order valence-electron chi connectivity index (χ0n) is 13.4. The molecule has 2 aromatic rings. The van der Waals surface area contributed by atoms with Gasteiger partial charge in [0.25, 0.3) is 0 Å². The monoisotopic (exact) mass is 402 g/mol. The van der Waals surface area contributed by atoms with Gasteiger partial charge in [0.05, 0.1) is 5.69 Å². The van der Waals surface area contributed by atoms with E-state index in [9.17, 15) is 0 Å². The Labute approximate surface area is 156 Å². The molecule has 1 aliphatic carbocycles. The van der Waals surface area contributed by atoms with Crippen LogP contribution in [0, 0.1) is 5.92 Å². The Morgan fingerprint density at radius 2 is 2.04 bits per heavy atom. The fourth-order valence-corrected chi connectivity index (χ4v) is 4.70. The number of piperidine rings is 1. The van der Waals surface area contributed by atoms with Gasteiger partial charge in [0.15, 0.2) is 0 Å². The number of aromatic nitrogens is 1. The second-order valence-electron chi connectivity index (χ2n) is 6.68. The minimum Gasteiger partial charge on any atom is -0.317 e. The normalized spacial score (nSPS) is 20.8. The first-order valence-corrected chi connectivity index (χ1v) is 9.72. The molecule has 1 aromatic carbocycles. The number of nitrogens with zero attached hydrogens (tertiary/aromatic N) is 1. The van der Waals surface area contributed by atoms with E-state index >= 15 is 0 Å². The van der Waals surface area contributed by atoms with Crippen molar-refractivity contribution in [3.05, 3.63) is 63.9 Å². The van der Waals surface area contributed by atoms with Gasteiger partial charge in [-0.25, -0.2) is 0 Å². The van der Waals surface area contributed by atoms with Crippen LogP contribution in [0.15, 0.2) is 36.5 Å². The quantitative estimate of drug-likeness (QED) is 0.720. The van der Waals surface area contributed by atoms with Gasteiger partial charge < -0.3 is 5.32 Å². The Bertz CT molecular complexity index is 781. The van der Waals surface area contributed by atoms with Crippen molar-refractivity contribution < 1.29 is 0 Å². The summed E-state index contributed by atoms with van der Waals surface area (Å²) in [5.41, 5.74) is 4.92. The van der Waals surface area contributed by atoms with Crippen molar-refractivity contribution in [2.75, 3.05) is 13.1 Å². The SMILES string of the molecule is Clc1ccc2c(c1)C=C(Br)c1cccnc1C2CC1CCNCC1. The summed E-state index contributed by atoms with van der Waals surface area (Å²) in [6.07, 6.45) is 7.74. The fraction of sp³-hybridized carbons (Fsp3) is 0.350. The molecular formula is C20H20BrClN2. The molecule has 4 rings (SSSR count). The number of pyridine rings is 1. The van der Waals surface area contributed by atoms with Gasteiger partial charge in [0.2, 0.25) is 0 Å². The first kappa shape index (κ1) is 16.3. The molecule has 4 heteroatoms. The summed E-state index contributed by atoms with van der Waals surface area (Å²) in [4.78, 5) is 4.78. The van der Waals surface area contributed by atoms with Crippen LogP contribution in [0.3, 0.4) is 0 Å². The van der Waals surface area contributed by atoms with E-state index in [4.69, 9.17) is 16.6 Å². The minimum absolute atomic E-state index is 0.322. The summed E-state index contributed by atoms with van der Waals surface area (Å²) < 4.78 is 1.09. The van der Waals surface area contributed by atoms with E-state index in [1.54, 1.807) is 0 Å². The van der Waals surface area contributed by atoms with Crippen molar-refractivity contribution in [3.63, 3.8) is 0 Å². The van der Waals surface area contributed by atoms with Crippen LogP contribution in [0.25, 0.3) is 10.6 Å². The van der Waals surface area contributed by atoms with Crippen molar-refractivity contribution in [2.45, 2.75) is 25.2 Å².